The van der Waals surface area contributed by atoms with Crippen molar-refractivity contribution in [2.24, 2.45) is 0 Å². The van der Waals surface area contributed by atoms with Gasteiger partial charge in [-0.05, 0) is 229 Å². The van der Waals surface area contributed by atoms with Gasteiger partial charge in [0.15, 0.2) is 0 Å². The van der Waals surface area contributed by atoms with Crippen molar-refractivity contribution in [3.8, 4) is 55.6 Å². The Bertz CT molecular complexity index is 5310. The Kier molecular flexibility index (Phi) is 9.11. The van der Waals surface area contributed by atoms with Crippen molar-refractivity contribution in [1.82, 2.24) is 0 Å². The molecule has 0 aliphatic heterocycles. The lowest BCUT2D eigenvalue weighted by Crippen LogP contribution is -2.28. The Labute approximate surface area is 498 Å². The van der Waals surface area contributed by atoms with E-state index in [1.165, 1.54) is 203 Å². The molecule has 1 unspecified atom stereocenters. The Balaban J connectivity index is 0.791. The first-order chi connectivity index (χ1) is 41.1. The number of hydrogen-bond acceptors (Lipinski definition) is 1. The van der Waals surface area contributed by atoms with Crippen LogP contribution in [0.2, 0.25) is 0 Å². The number of fused-ring (bicyclic) bond motifs is 28. The fourth-order valence-corrected chi connectivity index (χ4v) is 19.3. The number of benzene rings is 12. The fraction of sp³-hybridized carbons (Fsp3) is 0.238. The lowest BCUT2D eigenvalue weighted by atomic mass is 9.67. The molecule has 0 bridgehead atoms. The molecular formula is C84H68O. The molecule has 0 radical (unpaired) electrons. The molecule has 1 nitrogen and oxygen atoms in total. The molecule has 410 valence electrons. The van der Waals surface area contributed by atoms with E-state index >= 15 is 0 Å². The maximum absolute atomic E-state index is 7.33. The van der Waals surface area contributed by atoms with Crippen LogP contribution in [-0.4, -0.2) is 0 Å². The number of furan rings is 1. The van der Waals surface area contributed by atoms with Crippen molar-refractivity contribution in [2.75, 3.05) is 0 Å². The van der Waals surface area contributed by atoms with Gasteiger partial charge < -0.3 is 4.42 Å². The summed E-state index contributed by atoms with van der Waals surface area (Å²) in [5.41, 5.74) is 33.9. The lowest BCUT2D eigenvalue weighted by Gasteiger charge is -2.36. The Morgan fingerprint density at radius 2 is 0.729 bits per heavy atom. The van der Waals surface area contributed by atoms with E-state index in [2.05, 4.69) is 238 Å². The molecule has 1 atom stereocenters. The maximum atomic E-state index is 7.33. The van der Waals surface area contributed by atoms with Gasteiger partial charge in [-0.2, -0.15) is 0 Å². The molecule has 0 saturated heterocycles. The average Bonchev–Trinajstić information content (AvgIpc) is 1.64. The van der Waals surface area contributed by atoms with E-state index in [-0.39, 0.29) is 27.1 Å². The summed E-state index contributed by atoms with van der Waals surface area (Å²) in [5.74, 6) is 0. The molecule has 1 heterocycles. The van der Waals surface area contributed by atoms with Gasteiger partial charge in [-0.15, -0.1) is 0 Å². The molecular weight excluding hydrogens is 1020 g/mol. The summed E-state index contributed by atoms with van der Waals surface area (Å²) in [6.45, 7) is 21.9. The van der Waals surface area contributed by atoms with Crippen molar-refractivity contribution in [1.29, 1.82) is 0 Å². The second-order valence-corrected chi connectivity index (χ2v) is 28.8. The van der Waals surface area contributed by atoms with Crippen LogP contribution in [0.4, 0.5) is 0 Å². The van der Waals surface area contributed by atoms with Crippen LogP contribution in [0.15, 0.2) is 180 Å². The maximum Gasteiger partial charge on any atom is 0.138 e. The van der Waals surface area contributed by atoms with Gasteiger partial charge in [-0.3, -0.25) is 0 Å². The summed E-state index contributed by atoms with van der Waals surface area (Å²) in [6, 6.07) is 69.7. The molecule has 1 heteroatoms. The van der Waals surface area contributed by atoms with Crippen molar-refractivity contribution in [3.05, 3.63) is 248 Å². The van der Waals surface area contributed by atoms with Gasteiger partial charge in [0.05, 0.1) is 0 Å². The summed E-state index contributed by atoms with van der Waals surface area (Å²) in [7, 11) is 0. The van der Waals surface area contributed by atoms with Gasteiger partial charge >= 0.3 is 0 Å². The molecule has 1 saturated carbocycles. The van der Waals surface area contributed by atoms with E-state index in [1.807, 2.05) is 0 Å². The Hall–Kier alpha value is -8.52. The van der Waals surface area contributed by atoms with Crippen LogP contribution in [0, 0.1) is 13.8 Å². The second kappa shape index (κ2) is 15.9. The molecule has 6 aliphatic rings. The zero-order valence-corrected chi connectivity index (χ0v) is 50.4. The smallest absolute Gasteiger partial charge is 0.138 e. The third-order valence-electron chi connectivity index (χ3n) is 23.6. The van der Waals surface area contributed by atoms with Gasteiger partial charge in [-0.1, -0.05) is 207 Å². The van der Waals surface area contributed by atoms with E-state index in [0.29, 0.717) is 0 Å². The first-order valence-corrected chi connectivity index (χ1v) is 31.6. The minimum Gasteiger partial charge on any atom is -0.455 e. The highest BCUT2D eigenvalue weighted by Gasteiger charge is 2.50. The largest absolute Gasteiger partial charge is 0.455 e. The zero-order valence-electron chi connectivity index (χ0n) is 50.4. The summed E-state index contributed by atoms with van der Waals surface area (Å²) >= 11 is 0. The van der Waals surface area contributed by atoms with Crippen LogP contribution in [-0.2, 0) is 33.5 Å². The van der Waals surface area contributed by atoms with Crippen LogP contribution in [0.25, 0.3) is 121 Å². The van der Waals surface area contributed by atoms with Gasteiger partial charge in [0.1, 0.15) is 11.2 Å². The molecule has 19 rings (SSSR count). The number of aryl methyl sites for hydroxylation is 2. The predicted octanol–water partition coefficient (Wildman–Crippen LogP) is 22.5. The monoisotopic (exact) mass is 1090 g/mol. The summed E-state index contributed by atoms with van der Waals surface area (Å²) < 4.78 is 7.33. The SMILES string of the molecule is Cc1c2c(cc3c1oc1c(C)c4c(cc13)C(C)(C)c1ccc3ccc(CC5(C)c6cc7c(cc6-c6c5ccc5ccccc65)C5(CCCCC5)c5cc6c(cc5-7)C(C)(C)c5ccc7ccccc7c5-6)cc3c1-4)C(C)(C)c1ccc3ccccc3c1-2. The van der Waals surface area contributed by atoms with E-state index in [9.17, 15) is 0 Å². The molecule has 12 aromatic carbocycles. The number of rotatable bonds is 2. The summed E-state index contributed by atoms with van der Waals surface area (Å²) in [4.78, 5) is 0. The first kappa shape index (κ1) is 48.8. The Morgan fingerprint density at radius 1 is 0.318 bits per heavy atom. The fourth-order valence-electron chi connectivity index (χ4n) is 19.3. The Morgan fingerprint density at radius 3 is 1.28 bits per heavy atom. The van der Waals surface area contributed by atoms with Crippen LogP contribution in [0.5, 0.6) is 0 Å². The van der Waals surface area contributed by atoms with Gasteiger partial charge in [-0.25, -0.2) is 0 Å². The van der Waals surface area contributed by atoms with Crippen LogP contribution in [0.1, 0.15) is 153 Å². The normalized spacial score (nSPS) is 18.9. The van der Waals surface area contributed by atoms with Crippen LogP contribution in [0.3, 0.4) is 0 Å². The van der Waals surface area contributed by atoms with E-state index in [0.717, 1.165) is 17.6 Å². The topological polar surface area (TPSA) is 13.1 Å². The molecule has 6 aliphatic carbocycles. The summed E-state index contributed by atoms with van der Waals surface area (Å²) in [5, 5.41) is 13.1. The highest BCUT2D eigenvalue weighted by atomic mass is 16.3. The minimum atomic E-state index is -0.296. The highest BCUT2D eigenvalue weighted by molar-refractivity contribution is 6.16. The molecule has 1 fully saturated rings. The zero-order chi connectivity index (χ0) is 57.2. The van der Waals surface area contributed by atoms with E-state index in [4.69, 9.17) is 4.42 Å². The standard InChI is InChI=1S/C84H68O/c1-45-72-70(81(5,6)63-32-28-50-21-13-16-24-54(50)76(63)72)40-58-59-41-71-73(46(2)79(59)85-78(45)58)77-55-37-47(25-26-51(55)29-33-64(77)82(71,7)8)44-83(9)65-34-30-49-20-12-15-23-53(49)75(65)61-43-69-57(39-67(61)83)56-38-66-60(42-68(56)84(69)35-17-10-18-36-84)74-52-22-14-11-19-48(52)27-31-62(74)80(66,3)4/h11-16,19-34,37-43H,10,17-18,35-36,44H2,1-9H3. The highest BCUT2D eigenvalue weighted by Crippen LogP contribution is 2.65. The molecule has 0 N–H and O–H groups in total. The third kappa shape index (κ3) is 5.83. The van der Waals surface area contributed by atoms with Crippen molar-refractivity contribution in [2.45, 2.75) is 128 Å². The quantitative estimate of drug-likeness (QED) is 0.168. The molecule has 0 amide bonds. The van der Waals surface area contributed by atoms with Gasteiger partial charge in [0.2, 0.25) is 0 Å². The van der Waals surface area contributed by atoms with E-state index < -0.39 is 0 Å². The van der Waals surface area contributed by atoms with Crippen molar-refractivity contribution >= 4 is 65.0 Å². The average molecular weight is 1090 g/mol. The van der Waals surface area contributed by atoms with Gasteiger partial charge in [0.25, 0.3) is 0 Å². The molecule has 1 spiro atoms. The summed E-state index contributed by atoms with van der Waals surface area (Å²) in [6.07, 6.45) is 7.12. The van der Waals surface area contributed by atoms with Crippen LogP contribution < -0.4 is 0 Å². The third-order valence-corrected chi connectivity index (χ3v) is 23.6. The minimum absolute atomic E-state index is 0.0135. The van der Waals surface area contributed by atoms with Gasteiger partial charge in [0, 0.05) is 49.0 Å². The number of hydrogen-bond donors (Lipinski definition) is 0. The van der Waals surface area contributed by atoms with Crippen LogP contribution >= 0.6 is 0 Å². The second-order valence-electron chi connectivity index (χ2n) is 28.8. The molecule has 85 heavy (non-hydrogen) atoms. The van der Waals surface area contributed by atoms with E-state index in [1.54, 1.807) is 11.1 Å². The predicted molar refractivity (Wildman–Crippen MR) is 357 cm³/mol. The van der Waals surface area contributed by atoms with Crippen molar-refractivity contribution < 1.29 is 4.42 Å². The first-order valence-electron chi connectivity index (χ1n) is 31.6. The lowest BCUT2D eigenvalue weighted by molar-refractivity contribution is 0.353. The van der Waals surface area contributed by atoms with Crippen molar-refractivity contribution in [3.63, 3.8) is 0 Å². The molecule has 13 aromatic rings. The molecule has 1 aromatic heterocycles.